The van der Waals surface area contributed by atoms with Crippen molar-refractivity contribution in [1.29, 1.82) is 0 Å². The molecule has 3 rings (SSSR count). The summed E-state index contributed by atoms with van der Waals surface area (Å²) in [6.07, 6.45) is -4.77. The van der Waals surface area contributed by atoms with Gasteiger partial charge in [-0.15, -0.1) is 0 Å². The molecule has 0 saturated heterocycles. The highest BCUT2D eigenvalue weighted by molar-refractivity contribution is 7.92. The van der Waals surface area contributed by atoms with E-state index < -0.39 is 52.0 Å². The number of rotatable bonds is 10. The molecule has 1 N–H and O–H groups in total. The molecule has 0 bridgehead atoms. The number of halogens is 4. The maximum absolute atomic E-state index is 13.8. The predicted octanol–water partition coefficient (Wildman–Crippen LogP) is 5.29. The number of nitrogens with zero attached hydrogens (tertiary/aromatic N) is 2. The third-order valence-electron chi connectivity index (χ3n) is 6.21. The van der Waals surface area contributed by atoms with Gasteiger partial charge in [0.05, 0.1) is 16.1 Å². The van der Waals surface area contributed by atoms with Crippen LogP contribution in [0.1, 0.15) is 37.5 Å². The molecule has 0 heterocycles. The lowest BCUT2D eigenvalue weighted by atomic mass is 10.1. The summed E-state index contributed by atoms with van der Waals surface area (Å²) in [7, 11) is -4.54. The van der Waals surface area contributed by atoms with E-state index >= 15 is 0 Å². The van der Waals surface area contributed by atoms with Crippen molar-refractivity contribution in [2.24, 2.45) is 0 Å². The lowest BCUT2D eigenvalue weighted by Crippen LogP contribution is -2.52. The molecule has 2 amide bonds. The summed E-state index contributed by atoms with van der Waals surface area (Å²) in [5.74, 6) is -1.89. The van der Waals surface area contributed by atoms with Crippen LogP contribution >= 0.6 is 0 Å². The van der Waals surface area contributed by atoms with Gasteiger partial charge in [-0.2, -0.15) is 13.2 Å². The maximum atomic E-state index is 13.8. The van der Waals surface area contributed by atoms with Crippen LogP contribution in [0.2, 0.25) is 0 Å². The van der Waals surface area contributed by atoms with Crippen LogP contribution in [-0.2, 0) is 32.3 Å². The molecule has 0 spiro atoms. The number of carbonyl (C=O) groups is 2. The number of alkyl halides is 3. The zero-order valence-electron chi connectivity index (χ0n) is 22.9. The van der Waals surface area contributed by atoms with Crippen molar-refractivity contribution in [2.75, 3.05) is 10.8 Å². The van der Waals surface area contributed by atoms with E-state index in [2.05, 4.69) is 5.32 Å². The molecule has 0 saturated carbocycles. The molecule has 41 heavy (non-hydrogen) atoms. The fourth-order valence-electron chi connectivity index (χ4n) is 3.98. The molecule has 12 heteroatoms. The molecule has 0 aliphatic carbocycles. The topological polar surface area (TPSA) is 86.8 Å². The van der Waals surface area contributed by atoms with Gasteiger partial charge >= 0.3 is 6.18 Å². The van der Waals surface area contributed by atoms with Crippen molar-refractivity contribution >= 4 is 27.5 Å². The van der Waals surface area contributed by atoms with Crippen molar-refractivity contribution in [3.63, 3.8) is 0 Å². The van der Waals surface area contributed by atoms with E-state index in [0.717, 1.165) is 28.7 Å². The highest BCUT2D eigenvalue weighted by atomic mass is 32.2. The normalized spacial score (nSPS) is 12.6. The second kappa shape index (κ2) is 12.7. The van der Waals surface area contributed by atoms with Gasteiger partial charge in [-0.25, -0.2) is 12.8 Å². The predicted molar refractivity (Wildman–Crippen MR) is 147 cm³/mol. The average molecular weight is 594 g/mol. The van der Waals surface area contributed by atoms with Crippen molar-refractivity contribution in [1.82, 2.24) is 10.2 Å². The Morgan fingerprint density at radius 3 is 2.10 bits per heavy atom. The molecule has 0 aliphatic rings. The van der Waals surface area contributed by atoms with Crippen molar-refractivity contribution in [2.45, 2.75) is 57.4 Å². The van der Waals surface area contributed by atoms with Gasteiger partial charge in [0.15, 0.2) is 0 Å². The summed E-state index contributed by atoms with van der Waals surface area (Å²) in [4.78, 5) is 27.5. The van der Waals surface area contributed by atoms with E-state index in [9.17, 15) is 35.6 Å². The SMILES string of the molecule is Cc1ccc(S(=O)(=O)N(CC(=O)N(Cc2ccc(F)cc2)[C@H](C)C(=O)NC(C)C)c2cccc(C(F)(F)F)c2)cc1. The van der Waals surface area contributed by atoms with E-state index in [1.807, 2.05) is 0 Å². The Hall–Kier alpha value is -3.93. The summed E-state index contributed by atoms with van der Waals surface area (Å²) < 4.78 is 82.3. The van der Waals surface area contributed by atoms with Crippen molar-refractivity contribution in [3.05, 3.63) is 95.3 Å². The van der Waals surface area contributed by atoms with Gasteiger partial charge in [-0.3, -0.25) is 13.9 Å². The number of anilines is 1. The Morgan fingerprint density at radius 2 is 1.54 bits per heavy atom. The van der Waals surface area contributed by atoms with Crippen molar-refractivity contribution in [3.8, 4) is 0 Å². The molecular weight excluding hydrogens is 562 g/mol. The summed E-state index contributed by atoms with van der Waals surface area (Å²) >= 11 is 0. The third kappa shape index (κ3) is 8.06. The lowest BCUT2D eigenvalue weighted by molar-refractivity contribution is -0.139. The minimum Gasteiger partial charge on any atom is -0.352 e. The van der Waals surface area contributed by atoms with Gasteiger partial charge in [-0.1, -0.05) is 35.9 Å². The number of hydrogen-bond donors (Lipinski definition) is 1. The molecule has 3 aromatic rings. The van der Waals surface area contributed by atoms with Gasteiger partial charge in [0.1, 0.15) is 18.4 Å². The highest BCUT2D eigenvalue weighted by Crippen LogP contribution is 2.33. The zero-order valence-corrected chi connectivity index (χ0v) is 23.8. The molecule has 220 valence electrons. The molecule has 0 radical (unpaired) electrons. The summed E-state index contributed by atoms with van der Waals surface area (Å²) in [6.45, 7) is 5.54. The molecule has 0 aromatic heterocycles. The minimum absolute atomic E-state index is 0.188. The fraction of sp³-hybridized carbons (Fsp3) is 0.310. The minimum atomic E-state index is -4.77. The van der Waals surface area contributed by atoms with E-state index in [-0.39, 0.29) is 23.2 Å². The second-order valence-electron chi connectivity index (χ2n) is 9.86. The maximum Gasteiger partial charge on any atom is 0.416 e. The first-order valence-electron chi connectivity index (χ1n) is 12.7. The third-order valence-corrected chi connectivity index (χ3v) is 8.00. The quantitative estimate of drug-likeness (QED) is 0.324. The summed E-state index contributed by atoms with van der Waals surface area (Å²) in [5.41, 5.74) is -0.272. The van der Waals surface area contributed by atoms with Crippen molar-refractivity contribution < 1.29 is 35.6 Å². The Bertz CT molecular complexity index is 1480. The smallest absolute Gasteiger partial charge is 0.352 e. The molecule has 1 atom stereocenters. The Morgan fingerprint density at radius 1 is 0.927 bits per heavy atom. The number of sulfonamides is 1. The van der Waals surface area contributed by atoms with Crippen LogP contribution in [0, 0.1) is 12.7 Å². The van der Waals surface area contributed by atoms with Gasteiger partial charge in [-0.05, 0) is 75.7 Å². The van der Waals surface area contributed by atoms with Crippen LogP contribution in [0.25, 0.3) is 0 Å². The molecule has 0 unspecified atom stereocenters. The standard InChI is InChI=1S/C29H31F4N3O4S/c1-19(2)34-28(38)21(4)35(17-22-10-12-24(30)13-11-22)27(37)18-36(25-7-5-6-23(16-25)29(31,32)33)41(39,40)26-14-8-20(3)9-15-26/h5-16,19,21H,17-18H2,1-4H3,(H,34,38)/t21-/m1/s1. The largest absolute Gasteiger partial charge is 0.416 e. The van der Waals surface area contributed by atoms with Gasteiger partial charge in [0, 0.05) is 12.6 Å². The number of benzene rings is 3. The lowest BCUT2D eigenvalue weighted by Gasteiger charge is -2.32. The van der Waals surface area contributed by atoms with Gasteiger partial charge in [0.2, 0.25) is 11.8 Å². The first kappa shape index (κ1) is 31.6. The van der Waals surface area contributed by atoms with Gasteiger partial charge in [0.25, 0.3) is 10.0 Å². The van der Waals surface area contributed by atoms with E-state index in [0.29, 0.717) is 15.9 Å². The molecule has 3 aromatic carbocycles. The Labute approximate surface area is 236 Å². The van der Waals surface area contributed by atoms with Crippen LogP contribution < -0.4 is 9.62 Å². The number of nitrogens with one attached hydrogen (secondary N) is 1. The van der Waals surface area contributed by atoms with Crippen LogP contribution in [0.15, 0.2) is 77.7 Å². The number of carbonyl (C=O) groups excluding carboxylic acids is 2. The average Bonchev–Trinajstić information content (AvgIpc) is 2.90. The van der Waals surface area contributed by atoms with Crippen LogP contribution in [0.4, 0.5) is 23.2 Å². The summed E-state index contributed by atoms with van der Waals surface area (Å²) in [5, 5.41) is 2.69. The van der Waals surface area contributed by atoms with Gasteiger partial charge < -0.3 is 10.2 Å². The highest BCUT2D eigenvalue weighted by Gasteiger charge is 2.35. The first-order chi connectivity index (χ1) is 19.1. The molecule has 7 nitrogen and oxygen atoms in total. The van der Waals surface area contributed by atoms with E-state index in [1.165, 1.54) is 55.5 Å². The Balaban J connectivity index is 2.09. The summed E-state index contributed by atoms with van der Waals surface area (Å²) in [6, 6.07) is 13.1. The molecular formula is C29H31F4N3O4S. The fourth-order valence-corrected chi connectivity index (χ4v) is 5.38. The monoisotopic (exact) mass is 593 g/mol. The van der Waals surface area contributed by atoms with Crippen LogP contribution in [0.5, 0.6) is 0 Å². The number of amides is 2. The van der Waals surface area contributed by atoms with E-state index in [4.69, 9.17) is 0 Å². The van der Waals surface area contributed by atoms with Crippen LogP contribution in [0.3, 0.4) is 0 Å². The molecule has 0 aliphatic heterocycles. The van der Waals surface area contributed by atoms with Crippen LogP contribution in [-0.4, -0.2) is 43.8 Å². The first-order valence-corrected chi connectivity index (χ1v) is 14.1. The number of hydrogen-bond acceptors (Lipinski definition) is 4. The number of aryl methyl sites for hydroxylation is 1. The van der Waals surface area contributed by atoms with E-state index in [1.54, 1.807) is 20.8 Å². The zero-order chi connectivity index (χ0) is 30.5. The Kier molecular flexibility index (Phi) is 9.80. The molecule has 0 fully saturated rings. The second-order valence-corrected chi connectivity index (χ2v) is 11.7.